The maximum absolute atomic E-state index is 9.57. The number of fused-ring (bicyclic) bond motifs is 1. The highest BCUT2D eigenvalue weighted by molar-refractivity contribution is 6.09. The van der Waals surface area contributed by atoms with Crippen LogP contribution in [0.4, 0.5) is 5.82 Å². The SMILES string of the molecule is COc1ccccc1C=C1C(C)=C(C#N)c2nc(N)c(C#N)c(C)c21. The van der Waals surface area contributed by atoms with Gasteiger partial charge in [0.1, 0.15) is 23.7 Å². The van der Waals surface area contributed by atoms with Gasteiger partial charge in [-0.1, -0.05) is 18.2 Å². The van der Waals surface area contributed by atoms with Crippen LogP contribution in [0.1, 0.15) is 34.9 Å². The molecule has 0 fully saturated rings. The van der Waals surface area contributed by atoms with E-state index in [0.717, 1.165) is 33.6 Å². The van der Waals surface area contributed by atoms with Gasteiger partial charge in [0.15, 0.2) is 0 Å². The van der Waals surface area contributed by atoms with Crippen molar-refractivity contribution in [3.8, 4) is 17.9 Å². The monoisotopic (exact) mass is 328 g/mol. The molecule has 0 aliphatic heterocycles. The van der Waals surface area contributed by atoms with Crippen LogP contribution in [-0.4, -0.2) is 12.1 Å². The summed E-state index contributed by atoms with van der Waals surface area (Å²) in [4.78, 5) is 4.33. The zero-order valence-corrected chi connectivity index (χ0v) is 14.2. The summed E-state index contributed by atoms with van der Waals surface area (Å²) >= 11 is 0. The molecule has 0 unspecified atom stereocenters. The van der Waals surface area contributed by atoms with Crippen molar-refractivity contribution >= 4 is 23.0 Å². The Morgan fingerprint density at radius 3 is 2.52 bits per heavy atom. The average Bonchev–Trinajstić information content (AvgIpc) is 2.87. The zero-order chi connectivity index (χ0) is 18.1. The maximum Gasteiger partial charge on any atom is 0.142 e. The van der Waals surface area contributed by atoms with Crippen LogP contribution >= 0.6 is 0 Å². The molecule has 0 radical (unpaired) electrons. The number of hydrogen-bond acceptors (Lipinski definition) is 5. The summed E-state index contributed by atoms with van der Waals surface area (Å²) in [5, 5.41) is 19.0. The van der Waals surface area contributed by atoms with Gasteiger partial charge in [-0.05, 0) is 42.7 Å². The molecule has 1 aromatic carbocycles. The molecular formula is C20H16N4O. The van der Waals surface area contributed by atoms with E-state index in [1.807, 2.05) is 44.2 Å². The second-order valence-corrected chi connectivity index (χ2v) is 5.74. The Bertz CT molecular complexity index is 1030. The topological polar surface area (TPSA) is 95.7 Å². The largest absolute Gasteiger partial charge is 0.496 e. The lowest BCUT2D eigenvalue weighted by atomic mass is 9.95. The first-order chi connectivity index (χ1) is 12.0. The number of hydrogen-bond donors (Lipinski definition) is 1. The van der Waals surface area contributed by atoms with E-state index in [1.165, 1.54) is 0 Å². The highest BCUT2D eigenvalue weighted by atomic mass is 16.5. The highest BCUT2D eigenvalue weighted by Crippen LogP contribution is 2.44. The molecule has 25 heavy (non-hydrogen) atoms. The predicted octanol–water partition coefficient (Wildman–Crippen LogP) is 3.70. The van der Waals surface area contributed by atoms with Crippen molar-refractivity contribution in [2.75, 3.05) is 12.8 Å². The molecular weight excluding hydrogens is 312 g/mol. The van der Waals surface area contributed by atoms with E-state index in [-0.39, 0.29) is 5.82 Å². The van der Waals surface area contributed by atoms with Crippen LogP contribution in [0.5, 0.6) is 5.75 Å². The Morgan fingerprint density at radius 1 is 1.16 bits per heavy atom. The van der Waals surface area contributed by atoms with Crippen LogP contribution < -0.4 is 10.5 Å². The number of methoxy groups -OCH3 is 1. The number of pyridine rings is 1. The van der Waals surface area contributed by atoms with Gasteiger partial charge in [0.2, 0.25) is 0 Å². The molecule has 0 spiro atoms. The number of anilines is 1. The Kier molecular flexibility index (Phi) is 4.00. The van der Waals surface area contributed by atoms with Crippen molar-refractivity contribution in [1.82, 2.24) is 4.98 Å². The fourth-order valence-electron chi connectivity index (χ4n) is 3.14. The van der Waals surface area contributed by atoms with Gasteiger partial charge in [0, 0.05) is 11.1 Å². The number of ether oxygens (including phenoxy) is 1. The normalized spacial score (nSPS) is 14.2. The van der Waals surface area contributed by atoms with E-state index in [2.05, 4.69) is 17.1 Å². The Hall–Kier alpha value is -3.57. The van der Waals surface area contributed by atoms with Gasteiger partial charge < -0.3 is 10.5 Å². The quantitative estimate of drug-likeness (QED) is 0.906. The van der Waals surface area contributed by atoms with Crippen LogP contribution in [0.2, 0.25) is 0 Å². The molecule has 5 heteroatoms. The first-order valence-corrected chi connectivity index (χ1v) is 7.70. The zero-order valence-electron chi connectivity index (χ0n) is 14.2. The molecule has 3 rings (SSSR count). The molecule has 1 aromatic heterocycles. The smallest absolute Gasteiger partial charge is 0.142 e. The van der Waals surface area contributed by atoms with E-state index in [4.69, 9.17) is 10.5 Å². The minimum absolute atomic E-state index is 0.151. The lowest BCUT2D eigenvalue weighted by molar-refractivity contribution is 0.414. The fourth-order valence-corrected chi connectivity index (χ4v) is 3.14. The van der Waals surface area contributed by atoms with Crippen LogP contribution in [0.25, 0.3) is 17.2 Å². The molecule has 0 saturated heterocycles. The number of allylic oxidation sites excluding steroid dienone is 3. The summed E-state index contributed by atoms with van der Waals surface area (Å²) in [6, 6.07) is 12.0. The van der Waals surface area contributed by atoms with Gasteiger partial charge in [-0.2, -0.15) is 10.5 Å². The lowest BCUT2D eigenvalue weighted by Gasteiger charge is -2.11. The van der Waals surface area contributed by atoms with E-state index in [0.29, 0.717) is 16.8 Å². The van der Waals surface area contributed by atoms with E-state index in [1.54, 1.807) is 7.11 Å². The summed E-state index contributed by atoms with van der Waals surface area (Å²) in [6.07, 6.45) is 1.96. The summed E-state index contributed by atoms with van der Waals surface area (Å²) in [5.41, 5.74) is 11.3. The molecule has 0 bridgehead atoms. The molecule has 5 nitrogen and oxygen atoms in total. The number of nitrogens with zero attached hydrogens (tertiary/aromatic N) is 3. The molecule has 0 atom stereocenters. The molecule has 2 aromatic rings. The van der Waals surface area contributed by atoms with Crippen molar-refractivity contribution in [1.29, 1.82) is 10.5 Å². The third kappa shape index (κ3) is 2.43. The first kappa shape index (κ1) is 16.3. The average molecular weight is 328 g/mol. The van der Waals surface area contributed by atoms with Gasteiger partial charge in [0.25, 0.3) is 0 Å². The third-order valence-corrected chi connectivity index (χ3v) is 4.42. The van der Waals surface area contributed by atoms with Gasteiger partial charge in [0.05, 0.1) is 23.9 Å². The van der Waals surface area contributed by atoms with E-state index in [9.17, 15) is 10.5 Å². The molecule has 0 saturated carbocycles. The number of benzene rings is 1. The molecule has 2 N–H and O–H groups in total. The minimum Gasteiger partial charge on any atom is -0.496 e. The van der Waals surface area contributed by atoms with Crippen molar-refractivity contribution in [2.45, 2.75) is 13.8 Å². The number of para-hydroxylation sites is 1. The predicted molar refractivity (Wildman–Crippen MR) is 97.2 cm³/mol. The minimum atomic E-state index is 0.151. The van der Waals surface area contributed by atoms with Crippen LogP contribution in [0, 0.1) is 29.6 Å². The molecule has 122 valence electrons. The van der Waals surface area contributed by atoms with Gasteiger partial charge in [-0.3, -0.25) is 0 Å². The van der Waals surface area contributed by atoms with Crippen LogP contribution in [-0.2, 0) is 0 Å². The molecule has 0 amide bonds. The molecule has 1 aliphatic rings. The number of rotatable bonds is 2. The van der Waals surface area contributed by atoms with Gasteiger partial charge in [-0.25, -0.2) is 4.98 Å². The van der Waals surface area contributed by atoms with Gasteiger partial charge >= 0.3 is 0 Å². The van der Waals surface area contributed by atoms with Crippen molar-refractivity contribution < 1.29 is 4.74 Å². The summed E-state index contributed by atoms with van der Waals surface area (Å²) in [5.74, 6) is 0.883. The molecule has 1 heterocycles. The summed E-state index contributed by atoms with van der Waals surface area (Å²) in [7, 11) is 1.62. The highest BCUT2D eigenvalue weighted by Gasteiger charge is 2.29. The molecule has 1 aliphatic carbocycles. The van der Waals surface area contributed by atoms with Crippen molar-refractivity contribution in [2.24, 2.45) is 0 Å². The fraction of sp³-hybridized carbons (Fsp3) is 0.150. The maximum atomic E-state index is 9.57. The number of aromatic nitrogens is 1. The number of nitrogens with two attached hydrogens (primary N) is 1. The second kappa shape index (κ2) is 6.14. The van der Waals surface area contributed by atoms with E-state index >= 15 is 0 Å². The summed E-state index contributed by atoms with van der Waals surface area (Å²) in [6.45, 7) is 3.71. The standard InChI is InChI=1S/C20H16N4O/c1-11-14(8-13-6-4-5-7-17(13)25-3)18-12(2)16(10-22)20(23)24-19(18)15(11)9-21/h4-8H,1-3H3,(H2,23,24). The van der Waals surface area contributed by atoms with Crippen molar-refractivity contribution in [3.05, 3.63) is 57.8 Å². The van der Waals surface area contributed by atoms with Crippen LogP contribution in [0.3, 0.4) is 0 Å². The third-order valence-electron chi connectivity index (χ3n) is 4.42. The van der Waals surface area contributed by atoms with E-state index < -0.39 is 0 Å². The second-order valence-electron chi connectivity index (χ2n) is 5.74. The Morgan fingerprint density at radius 2 is 1.88 bits per heavy atom. The number of nitriles is 2. The first-order valence-electron chi connectivity index (χ1n) is 7.70. The Labute approximate surface area is 146 Å². The van der Waals surface area contributed by atoms with Crippen molar-refractivity contribution in [3.63, 3.8) is 0 Å². The van der Waals surface area contributed by atoms with Crippen LogP contribution in [0.15, 0.2) is 29.8 Å². The number of nitrogen functional groups attached to an aromatic ring is 1. The lowest BCUT2D eigenvalue weighted by Crippen LogP contribution is -2.03. The summed E-state index contributed by atoms with van der Waals surface area (Å²) < 4.78 is 5.41. The Balaban J connectivity index is 2.35. The van der Waals surface area contributed by atoms with Gasteiger partial charge in [-0.15, -0.1) is 0 Å².